The van der Waals surface area contributed by atoms with Crippen LogP contribution in [0.15, 0.2) is 35.1 Å². The van der Waals surface area contributed by atoms with Crippen LogP contribution in [0.3, 0.4) is 0 Å². The van der Waals surface area contributed by atoms with Crippen molar-refractivity contribution in [1.29, 1.82) is 0 Å². The molecular formula is C14H12F3N3O2. The molecule has 0 spiro atoms. The number of carbonyl (C=O) groups is 1. The normalized spacial score (nSPS) is 11.3. The number of aromatic nitrogens is 2. The van der Waals surface area contributed by atoms with Gasteiger partial charge < -0.3 is 5.32 Å². The van der Waals surface area contributed by atoms with Gasteiger partial charge in [-0.3, -0.25) is 9.59 Å². The Morgan fingerprint density at radius 3 is 2.55 bits per heavy atom. The number of hydrogen-bond acceptors (Lipinski definition) is 3. The van der Waals surface area contributed by atoms with Crippen LogP contribution >= 0.6 is 0 Å². The largest absolute Gasteiger partial charge is 0.416 e. The van der Waals surface area contributed by atoms with E-state index in [1.54, 1.807) is 0 Å². The molecule has 1 aromatic carbocycles. The standard InChI is InChI=1S/C14H12F3N3O2/c1-8-6-11(21)12(13(22)18-2)19-20(8)10-5-3-4-9(7-10)14(15,16)17/h3-7H,1-2H3,(H,18,22). The van der Waals surface area contributed by atoms with Crippen LogP contribution < -0.4 is 10.7 Å². The van der Waals surface area contributed by atoms with Crippen molar-refractivity contribution in [2.24, 2.45) is 0 Å². The lowest BCUT2D eigenvalue weighted by Crippen LogP contribution is -2.29. The fourth-order valence-corrected chi connectivity index (χ4v) is 1.90. The van der Waals surface area contributed by atoms with Crippen molar-refractivity contribution in [2.75, 3.05) is 7.05 Å². The summed E-state index contributed by atoms with van der Waals surface area (Å²) in [5.74, 6) is -0.703. The van der Waals surface area contributed by atoms with Crippen molar-refractivity contribution in [3.05, 3.63) is 57.5 Å². The van der Waals surface area contributed by atoms with E-state index in [0.717, 1.165) is 22.9 Å². The third-order valence-electron chi connectivity index (χ3n) is 2.97. The number of alkyl halides is 3. The summed E-state index contributed by atoms with van der Waals surface area (Å²) in [4.78, 5) is 23.3. The minimum Gasteiger partial charge on any atom is -0.354 e. The summed E-state index contributed by atoms with van der Waals surface area (Å²) in [5, 5.41) is 6.12. The average molecular weight is 311 g/mol. The number of amides is 1. The van der Waals surface area contributed by atoms with Crippen molar-refractivity contribution in [3.63, 3.8) is 0 Å². The van der Waals surface area contributed by atoms with Crippen molar-refractivity contribution >= 4 is 5.91 Å². The summed E-state index contributed by atoms with van der Waals surface area (Å²) in [7, 11) is 1.33. The molecule has 5 nitrogen and oxygen atoms in total. The molecule has 116 valence electrons. The fourth-order valence-electron chi connectivity index (χ4n) is 1.90. The molecule has 2 aromatic rings. The van der Waals surface area contributed by atoms with Crippen LogP contribution in [0.2, 0.25) is 0 Å². The van der Waals surface area contributed by atoms with E-state index in [9.17, 15) is 22.8 Å². The molecule has 1 aromatic heterocycles. The lowest BCUT2D eigenvalue weighted by Gasteiger charge is -2.13. The lowest BCUT2D eigenvalue weighted by molar-refractivity contribution is -0.137. The first-order chi connectivity index (χ1) is 10.2. The van der Waals surface area contributed by atoms with Gasteiger partial charge in [0.15, 0.2) is 5.69 Å². The monoisotopic (exact) mass is 311 g/mol. The Bertz CT molecular complexity index is 782. The van der Waals surface area contributed by atoms with E-state index >= 15 is 0 Å². The van der Waals surface area contributed by atoms with Crippen molar-refractivity contribution in [1.82, 2.24) is 15.1 Å². The zero-order chi connectivity index (χ0) is 16.5. The molecule has 1 amide bonds. The maximum absolute atomic E-state index is 12.8. The number of hydrogen-bond donors (Lipinski definition) is 1. The van der Waals surface area contributed by atoms with Gasteiger partial charge >= 0.3 is 6.18 Å². The number of rotatable bonds is 2. The second-order valence-electron chi connectivity index (χ2n) is 4.54. The van der Waals surface area contributed by atoms with Gasteiger partial charge in [-0.05, 0) is 25.1 Å². The number of halogens is 3. The molecule has 0 fully saturated rings. The van der Waals surface area contributed by atoms with Crippen LogP contribution in [0.25, 0.3) is 5.69 Å². The predicted molar refractivity (Wildman–Crippen MR) is 73.0 cm³/mol. The first kappa shape index (κ1) is 15.7. The molecule has 1 N–H and O–H groups in total. The van der Waals surface area contributed by atoms with E-state index in [1.807, 2.05) is 0 Å². The van der Waals surface area contributed by atoms with Gasteiger partial charge in [0, 0.05) is 18.8 Å². The lowest BCUT2D eigenvalue weighted by atomic mass is 10.2. The Kier molecular flexibility index (Phi) is 4.03. The number of benzene rings is 1. The second-order valence-corrected chi connectivity index (χ2v) is 4.54. The number of carbonyl (C=O) groups excluding carboxylic acids is 1. The van der Waals surface area contributed by atoms with Crippen molar-refractivity contribution in [3.8, 4) is 5.69 Å². The quantitative estimate of drug-likeness (QED) is 0.921. The topological polar surface area (TPSA) is 64.0 Å². The summed E-state index contributed by atoms with van der Waals surface area (Å²) in [5.41, 5.74) is -1.40. The zero-order valence-corrected chi connectivity index (χ0v) is 11.7. The molecule has 0 unspecified atom stereocenters. The van der Waals surface area contributed by atoms with Gasteiger partial charge in [0.05, 0.1) is 11.3 Å². The highest BCUT2D eigenvalue weighted by atomic mass is 19.4. The minimum absolute atomic E-state index is 0.109. The highest BCUT2D eigenvalue weighted by Crippen LogP contribution is 2.30. The summed E-state index contributed by atoms with van der Waals surface area (Å²) < 4.78 is 39.4. The van der Waals surface area contributed by atoms with E-state index in [0.29, 0.717) is 5.69 Å². The minimum atomic E-state index is -4.49. The third-order valence-corrected chi connectivity index (χ3v) is 2.97. The first-order valence-corrected chi connectivity index (χ1v) is 6.24. The van der Waals surface area contributed by atoms with E-state index in [1.165, 1.54) is 26.1 Å². The smallest absolute Gasteiger partial charge is 0.354 e. The van der Waals surface area contributed by atoms with Gasteiger partial charge in [-0.25, -0.2) is 4.68 Å². The number of nitrogens with one attached hydrogen (secondary N) is 1. The fraction of sp³-hybridized carbons (Fsp3) is 0.214. The average Bonchev–Trinajstić information content (AvgIpc) is 2.46. The molecule has 22 heavy (non-hydrogen) atoms. The predicted octanol–water partition coefficient (Wildman–Crippen LogP) is 1.92. The van der Waals surface area contributed by atoms with E-state index < -0.39 is 23.1 Å². The van der Waals surface area contributed by atoms with Gasteiger partial charge in [-0.15, -0.1) is 0 Å². The van der Waals surface area contributed by atoms with Gasteiger partial charge in [-0.1, -0.05) is 6.07 Å². The molecule has 0 bridgehead atoms. The van der Waals surface area contributed by atoms with E-state index in [4.69, 9.17) is 0 Å². The molecule has 8 heteroatoms. The summed E-state index contributed by atoms with van der Waals surface area (Å²) in [6.07, 6.45) is -4.49. The van der Waals surface area contributed by atoms with E-state index in [-0.39, 0.29) is 11.4 Å². The number of nitrogens with zero attached hydrogens (tertiary/aromatic N) is 2. The number of aryl methyl sites for hydroxylation is 1. The molecular weight excluding hydrogens is 299 g/mol. The molecule has 0 radical (unpaired) electrons. The molecule has 0 saturated carbocycles. The van der Waals surface area contributed by atoms with Crippen LogP contribution in [0, 0.1) is 6.92 Å². The first-order valence-electron chi connectivity index (χ1n) is 6.24. The van der Waals surface area contributed by atoms with Crippen LogP contribution in [0.4, 0.5) is 13.2 Å². The van der Waals surface area contributed by atoms with Crippen LogP contribution in [0.5, 0.6) is 0 Å². The highest BCUT2D eigenvalue weighted by Gasteiger charge is 2.30. The van der Waals surface area contributed by atoms with Gasteiger partial charge in [0.25, 0.3) is 5.91 Å². The van der Waals surface area contributed by atoms with Crippen molar-refractivity contribution < 1.29 is 18.0 Å². The molecule has 1 heterocycles. The maximum Gasteiger partial charge on any atom is 0.416 e. The Balaban J connectivity index is 2.63. The Morgan fingerprint density at radius 2 is 1.95 bits per heavy atom. The van der Waals surface area contributed by atoms with Crippen LogP contribution in [-0.4, -0.2) is 22.7 Å². The van der Waals surface area contributed by atoms with Gasteiger partial charge in [-0.2, -0.15) is 18.3 Å². The van der Waals surface area contributed by atoms with E-state index in [2.05, 4.69) is 10.4 Å². The molecule has 2 rings (SSSR count). The zero-order valence-electron chi connectivity index (χ0n) is 11.7. The second kappa shape index (κ2) is 5.63. The summed E-state index contributed by atoms with van der Waals surface area (Å²) in [6, 6.07) is 5.63. The van der Waals surface area contributed by atoms with Crippen LogP contribution in [0.1, 0.15) is 21.7 Å². The molecule has 0 aliphatic carbocycles. The molecule has 0 saturated heterocycles. The Morgan fingerprint density at radius 1 is 1.27 bits per heavy atom. The summed E-state index contributed by atoms with van der Waals surface area (Å²) >= 11 is 0. The molecule has 0 aliphatic heterocycles. The summed E-state index contributed by atoms with van der Waals surface area (Å²) in [6.45, 7) is 1.52. The Labute approximate surface area is 123 Å². The Hall–Kier alpha value is -2.64. The SMILES string of the molecule is CNC(=O)c1nn(-c2cccc(C(F)(F)F)c2)c(C)cc1=O. The molecule has 0 atom stereocenters. The maximum atomic E-state index is 12.8. The highest BCUT2D eigenvalue weighted by molar-refractivity contribution is 5.91. The third kappa shape index (κ3) is 3.00. The van der Waals surface area contributed by atoms with Gasteiger partial charge in [0.2, 0.25) is 5.43 Å². The van der Waals surface area contributed by atoms with Crippen LogP contribution in [-0.2, 0) is 6.18 Å². The van der Waals surface area contributed by atoms with Gasteiger partial charge in [0.1, 0.15) is 0 Å². The molecule has 0 aliphatic rings. The van der Waals surface area contributed by atoms with Crippen molar-refractivity contribution in [2.45, 2.75) is 13.1 Å².